The third-order valence-corrected chi connectivity index (χ3v) is 4.06. The Morgan fingerprint density at radius 3 is 2.61 bits per heavy atom. The summed E-state index contributed by atoms with van der Waals surface area (Å²) in [7, 11) is 0. The second kappa shape index (κ2) is 9.96. The molecule has 0 unspecified atom stereocenters. The zero-order valence-electron chi connectivity index (χ0n) is 16.5. The van der Waals surface area contributed by atoms with Crippen LogP contribution in [0.25, 0.3) is 11.4 Å². The van der Waals surface area contributed by atoms with Crippen molar-refractivity contribution in [2.75, 3.05) is 19.7 Å². The topological polar surface area (TPSA) is 149 Å². The average molecular weight is 425 g/mol. The molecule has 0 aliphatic carbocycles. The van der Waals surface area contributed by atoms with Crippen molar-refractivity contribution in [3.8, 4) is 17.1 Å². The van der Waals surface area contributed by atoms with Crippen molar-refractivity contribution < 1.29 is 23.8 Å². The Morgan fingerprint density at radius 2 is 1.87 bits per heavy atom. The van der Waals surface area contributed by atoms with Gasteiger partial charge in [-0.1, -0.05) is 35.0 Å². The zero-order valence-corrected chi connectivity index (χ0v) is 16.5. The van der Waals surface area contributed by atoms with Gasteiger partial charge < -0.3 is 19.9 Å². The number of hydrogen-bond acceptors (Lipinski definition) is 8. The summed E-state index contributed by atoms with van der Waals surface area (Å²) in [5, 5.41) is 19.7. The number of hydrogen-bond donors (Lipinski definition) is 2. The van der Waals surface area contributed by atoms with E-state index in [1.54, 1.807) is 18.2 Å². The largest absolute Gasteiger partial charge is 0.484 e. The van der Waals surface area contributed by atoms with E-state index < -0.39 is 10.8 Å². The number of carbonyl (C=O) groups excluding carboxylic acids is 2. The molecule has 0 fully saturated rings. The Bertz CT molecular complexity index is 1080. The van der Waals surface area contributed by atoms with Crippen LogP contribution in [0.4, 0.5) is 5.69 Å². The molecule has 31 heavy (non-hydrogen) atoms. The third-order valence-electron chi connectivity index (χ3n) is 4.06. The van der Waals surface area contributed by atoms with Gasteiger partial charge in [0.25, 0.3) is 11.6 Å². The van der Waals surface area contributed by atoms with E-state index in [9.17, 15) is 19.7 Å². The zero-order chi connectivity index (χ0) is 22.2. The molecule has 1 aromatic heterocycles. The van der Waals surface area contributed by atoms with Gasteiger partial charge in [-0.3, -0.25) is 19.7 Å². The van der Waals surface area contributed by atoms with Crippen LogP contribution >= 0.6 is 0 Å². The molecular weight excluding hydrogens is 406 g/mol. The van der Waals surface area contributed by atoms with Gasteiger partial charge in [0.05, 0.1) is 4.92 Å². The number of nitro groups is 1. The summed E-state index contributed by atoms with van der Waals surface area (Å²) >= 11 is 0. The lowest BCUT2D eigenvalue weighted by atomic mass is 10.2. The maximum absolute atomic E-state index is 12.1. The molecule has 0 aliphatic heterocycles. The van der Waals surface area contributed by atoms with Gasteiger partial charge in [-0.25, -0.2) is 0 Å². The summed E-state index contributed by atoms with van der Waals surface area (Å²) in [6.07, 6.45) is 0. The van der Waals surface area contributed by atoms with Crippen molar-refractivity contribution in [3.63, 3.8) is 0 Å². The van der Waals surface area contributed by atoms with Crippen LogP contribution in [0.3, 0.4) is 0 Å². The van der Waals surface area contributed by atoms with Crippen LogP contribution in [-0.2, 0) is 4.79 Å². The molecule has 0 saturated heterocycles. The van der Waals surface area contributed by atoms with Crippen LogP contribution in [0.5, 0.6) is 5.75 Å². The Balaban J connectivity index is 1.42. The first kappa shape index (κ1) is 21.4. The van der Waals surface area contributed by atoms with E-state index in [1.807, 2.05) is 19.1 Å². The predicted molar refractivity (Wildman–Crippen MR) is 108 cm³/mol. The average Bonchev–Trinajstić information content (AvgIpc) is 3.27. The number of amides is 2. The highest BCUT2D eigenvalue weighted by Crippen LogP contribution is 2.21. The number of rotatable bonds is 9. The molecule has 0 spiro atoms. The molecule has 1 heterocycles. The van der Waals surface area contributed by atoms with Crippen molar-refractivity contribution in [1.29, 1.82) is 0 Å². The number of nitrogens with one attached hydrogen (secondary N) is 2. The van der Waals surface area contributed by atoms with Gasteiger partial charge in [-0.05, 0) is 19.1 Å². The van der Waals surface area contributed by atoms with Gasteiger partial charge >= 0.3 is 11.8 Å². The fourth-order valence-electron chi connectivity index (χ4n) is 2.48. The normalized spacial score (nSPS) is 10.4. The third kappa shape index (κ3) is 6.10. The molecule has 2 N–H and O–H groups in total. The lowest BCUT2D eigenvalue weighted by Crippen LogP contribution is -2.36. The van der Waals surface area contributed by atoms with E-state index >= 15 is 0 Å². The maximum atomic E-state index is 12.1. The summed E-state index contributed by atoms with van der Waals surface area (Å²) in [5.41, 5.74) is 1.30. The lowest BCUT2D eigenvalue weighted by molar-refractivity contribution is -0.384. The van der Waals surface area contributed by atoms with Crippen LogP contribution < -0.4 is 15.4 Å². The van der Waals surface area contributed by atoms with Gasteiger partial charge in [-0.2, -0.15) is 4.98 Å². The van der Waals surface area contributed by atoms with Gasteiger partial charge in [0.1, 0.15) is 5.75 Å². The first-order chi connectivity index (χ1) is 14.9. The number of carbonyl (C=O) groups is 2. The van der Waals surface area contributed by atoms with Crippen molar-refractivity contribution >= 4 is 17.5 Å². The smallest absolute Gasteiger partial charge is 0.316 e. The van der Waals surface area contributed by atoms with E-state index in [1.165, 1.54) is 18.2 Å². The van der Waals surface area contributed by atoms with E-state index in [4.69, 9.17) is 9.26 Å². The Hall–Kier alpha value is -4.28. The van der Waals surface area contributed by atoms with Gasteiger partial charge in [0.2, 0.25) is 5.82 Å². The fourth-order valence-corrected chi connectivity index (χ4v) is 2.48. The maximum Gasteiger partial charge on any atom is 0.316 e. The Morgan fingerprint density at radius 1 is 1.13 bits per heavy atom. The summed E-state index contributed by atoms with van der Waals surface area (Å²) in [4.78, 5) is 38.1. The molecule has 3 rings (SSSR count). The molecule has 0 radical (unpaired) electrons. The van der Waals surface area contributed by atoms with Crippen LogP contribution in [0, 0.1) is 17.0 Å². The molecule has 160 valence electrons. The quantitative estimate of drug-likeness (QED) is 0.300. The van der Waals surface area contributed by atoms with Crippen molar-refractivity contribution in [2.45, 2.75) is 6.92 Å². The summed E-state index contributed by atoms with van der Waals surface area (Å²) in [5.74, 6) is -0.620. The molecule has 3 aromatic rings. The number of benzene rings is 2. The number of ether oxygens (including phenoxy) is 1. The second-order valence-electron chi connectivity index (χ2n) is 6.44. The van der Waals surface area contributed by atoms with E-state index in [2.05, 4.69) is 20.8 Å². The number of aryl methyl sites for hydroxylation is 1. The van der Waals surface area contributed by atoms with E-state index in [0.29, 0.717) is 11.3 Å². The highest BCUT2D eigenvalue weighted by molar-refractivity contribution is 5.90. The highest BCUT2D eigenvalue weighted by atomic mass is 16.6. The first-order valence-corrected chi connectivity index (χ1v) is 9.25. The molecule has 0 saturated carbocycles. The summed E-state index contributed by atoms with van der Waals surface area (Å²) < 4.78 is 10.3. The van der Waals surface area contributed by atoms with Crippen LogP contribution in [0.2, 0.25) is 0 Å². The van der Waals surface area contributed by atoms with Crippen LogP contribution in [0.1, 0.15) is 16.2 Å². The molecule has 0 aliphatic rings. The molecule has 11 heteroatoms. The molecule has 0 atom stereocenters. The number of nitro benzene ring substituents is 1. The SMILES string of the molecule is Cc1ccc(OCC(=O)NCCNC(=O)c2nc(-c3cccc([N+](=O)[O-])c3)no2)cc1. The lowest BCUT2D eigenvalue weighted by Gasteiger charge is -2.08. The van der Waals surface area contributed by atoms with Gasteiger partial charge in [-0.15, -0.1) is 0 Å². The highest BCUT2D eigenvalue weighted by Gasteiger charge is 2.17. The number of aromatic nitrogens is 2. The van der Waals surface area contributed by atoms with E-state index in [0.717, 1.165) is 5.56 Å². The molecule has 11 nitrogen and oxygen atoms in total. The second-order valence-corrected chi connectivity index (χ2v) is 6.44. The van der Waals surface area contributed by atoms with Crippen LogP contribution in [0.15, 0.2) is 53.1 Å². The minimum absolute atomic E-state index is 0.0513. The monoisotopic (exact) mass is 425 g/mol. The van der Waals surface area contributed by atoms with Gasteiger partial charge in [0.15, 0.2) is 6.61 Å². The molecular formula is C20H19N5O6. The molecule has 2 aromatic carbocycles. The molecule has 2 amide bonds. The van der Waals surface area contributed by atoms with Crippen molar-refractivity contribution in [3.05, 3.63) is 70.1 Å². The van der Waals surface area contributed by atoms with Crippen LogP contribution in [-0.4, -0.2) is 46.6 Å². The molecule has 0 bridgehead atoms. The predicted octanol–water partition coefficient (Wildman–Crippen LogP) is 1.88. The van der Waals surface area contributed by atoms with Crippen molar-refractivity contribution in [1.82, 2.24) is 20.8 Å². The van der Waals surface area contributed by atoms with E-state index in [-0.39, 0.29) is 43.0 Å². The van der Waals surface area contributed by atoms with Crippen molar-refractivity contribution in [2.24, 2.45) is 0 Å². The summed E-state index contributed by atoms with van der Waals surface area (Å²) in [6.45, 7) is 2.11. The fraction of sp³-hybridized carbons (Fsp3) is 0.200. The minimum atomic E-state index is -0.630. The Labute approximate surface area is 176 Å². The van der Waals surface area contributed by atoms with Gasteiger partial charge in [0, 0.05) is 30.8 Å². The first-order valence-electron chi connectivity index (χ1n) is 9.25. The Kier molecular flexibility index (Phi) is 6.89. The standard InChI is InChI=1S/C20H19N5O6/c1-13-5-7-16(8-6-13)30-12-17(26)21-9-10-22-19(27)20-23-18(24-31-20)14-3-2-4-15(11-14)25(28)29/h2-8,11H,9-10,12H2,1H3,(H,21,26)(H,22,27). The number of nitrogens with zero attached hydrogens (tertiary/aromatic N) is 3. The number of non-ortho nitro benzene ring substituents is 1. The minimum Gasteiger partial charge on any atom is -0.484 e. The summed E-state index contributed by atoms with van der Waals surface area (Å²) in [6, 6.07) is 13.0.